The molecule has 0 radical (unpaired) electrons. The lowest BCUT2D eigenvalue weighted by Crippen LogP contribution is -2.19. The average Bonchev–Trinajstić information content (AvgIpc) is 2.62. The molecule has 3 atom stereocenters. The molecule has 0 saturated heterocycles. The van der Waals surface area contributed by atoms with Gasteiger partial charge in [0.25, 0.3) is 0 Å². The minimum Gasteiger partial charge on any atom is -0.389 e. The summed E-state index contributed by atoms with van der Waals surface area (Å²) in [7, 11) is 6.62. The molecule has 4 nitrogen and oxygen atoms in total. The van der Waals surface area contributed by atoms with E-state index in [4.69, 9.17) is 9.47 Å². The van der Waals surface area contributed by atoms with Crippen molar-refractivity contribution in [2.24, 2.45) is 11.8 Å². The summed E-state index contributed by atoms with van der Waals surface area (Å²) in [5.74, 6) is 1.12. The van der Waals surface area contributed by atoms with Crippen LogP contribution in [-0.2, 0) is 14.2 Å². The molecule has 0 heterocycles. The SMILES string of the molecule is C/C=C/C(O)C(C)COC.CCC(C)CC.CCC(C)OC.COC. The average molecular weight is 365 g/mol. The number of aliphatic hydroxyl groups is 1. The lowest BCUT2D eigenvalue weighted by Gasteiger charge is -2.13. The van der Waals surface area contributed by atoms with Crippen LogP contribution in [-0.4, -0.2) is 52.4 Å². The first-order chi connectivity index (χ1) is 11.7. The third-order valence-electron chi connectivity index (χ3n) is 3.77. The number of ether oxygens (including phenoxy) is 3. The molecule has 0 bridgehead atoms. The van der Waals surface area contributed by atoms with Crippen molar-refractivity contribution < 1.29 is 19.3 Å². The summed E-state index contributed by atoms with van der Waals surface area (Å²) in [5.41, 5.74) is 0. The molecule has 1 N–H and O–H groups in total. The van der Waals surface area contributed by atoms with Gasteiger partial charge in [-0.3, -0.25) is 0 Å². The Labute approximate surface area is 159 Å². The van der Waals surface area contributed by atoms with E-state index >= 15 is 0 Å². The van der Waals surface area contributed by atoms with Crippen molar-refractivity contribution in [2.75, 3.05) is 35.0 Å². The molecule has 0 aliphatic rings. The first kappa shape index (κ1) is 32.3. The zero-order chi connectivity index (χ0) is 20.7. The highest BCUT2D eigenvalue weighted by Gasteiger charge is 2.08. The molecule has 0 amide bonds. The third-order valence-corrected chi connectivity index (χ3v) is 3.77. The second-order valence-electron chi connectivity index (χ2n) is 6.23. The van der Waals surface area contributed by atoms with Crippen LogP contribution in [0.2, 0.25) is 0 Å². The van der Waals surface area contributed by atoms with Gasteiger partial charge in [0.2, 0.25) is 0 Å². The summed E-state index contributed by atoms with van der Waals surface area (Å²) < 4.78 is 14.0. The van der Waals surface area contributed by atoms with Gasteiger partial charge < -0.3 is 19.3 Å². The van der Waals surface area contributed by atoms with E-state index in [1.54, 1.807) is 34.5 Å². The topological polar surface area (TPSA) is 47.9 Å². The number of allylic oxidation sites excluding steroid dienone is 1. The molecule has 0 aromatic heterocycles. The predicted molar refractivity (Wildman–Crippen MR) is 111 cm³/mol. The highest BCUT2D eigenvalue weighted by atomic mass is 16.5. The molecule has 0 aromatic carbocycles. The van der Waals surface area contributed by atoms with Gasteiger partial charge in [0.15, 0.2) is 0 Å². The van der Waals surface area contributed by atoms with Gasteiger partial charge in [-0.1, -0.05) is 59.6 Å². The number of hydrogen-bond acceptors (Lipinski definition) is 4. The maximum atomic E-state index is 9.28. The molecule has 3 unspecified atom stereocenters. The Kier molecular flexibility index (Phi) is 36.6. The van der Waals surface area contributed by atoms with Crippen molar-refractivity contribution in [1.82, 2.24) is 0 Å². The van der Waals surface area contributed by atoms with E-state index in [0.717, 1.165) is 12.3 Å². The van der Waals surface area contributed by atoms with E-state index in [1.807, 2.05) is 19.9 Å². The van der Waals surface area contributed by atoms with Crippen LogP contribution in [0.25, 0.3) is 0 Å². The normalized spacial score (nSPS) is 13.6. The molecular formula is C21H48O4. The van der Waals surface area contributed by atoms with Crippen LogP contribution < -0.4 is 0 Å². The number of methoxy groups -OCH3 is 3. The Morgan fingerprint density at radius 1 is 0.880 bits per heavy atom. The first-order valence-electron chi connectivity index (χ1n) is 9.48. The fraction of sp³-hybridized carbons (Fsp3) is 0.905. The van der Waals surface area contributed by atoms with E-state index in [-0.39, 0.29) is 12.0 Å². The van der Waals surface area contributed by atoms with E-state index in [1.165, 1.54) is 12.8 Å². The predicted octanol–water partition coefficient (Wildman–Crippen LogP) is 5.34. The van der Waals surface area contributed by atoms with Crippen molar-refractivity contribution in [3.8, 4) is 0 Å². The Balaban J connectivity index is -0.000000128. The second-order valence-corrected chi connectivity index (χ2v) is 6.23. The van der Waals surface area contributed by atoms with Gasteiger partial charge in [-0.25, -0.2) is 0 Å². The molecule has 0 aliphatic heterocycles. The van der Waals surface area contributed by atoms with Gasteiger partial charge in [0.1, 0.15) is 0 Å². The Morgan fingerprint density at radius 2 is 1.32 bits per heavy atom. The molecule has 156 valence electrons. The second kappa shape index (κ2) is 28.4. The third kappa shape index (κ3) is 35.5. The molecule has 0 aliphatic carbocycles. The van der Waals surface area contributed by atoms with Crippen molar-refractivity contribution >= 4 is 0 Å². The molecule has 4 heteroatoms. The summed E-state index contributed by atoms with van der Waals surface area (Å²) in [6, 6.07) is 0. The van der Waals surface area contributed by atoms with Crippen LogP contribution >= 0.6 is 0 Å². The Bertz CT molecular complexity index is 214. The summed E-state index contributed by atoms with van der Waals surface area (Å²) >= 11 is 0. The van der Waals surface area contributed by atoms with Gasteiger partial charge in [-0.05, 0) is 26.2 Å². The molecule has 0 spiro atoms. The highest BCUT2D eigenvalue weighted by molar-refractivity contribution is 4.88. The maximum absolute atomic E-state index is 9.28. The largest absolute Gasteiger partial charge is 0.389 e. The molecule has 0 fully saturated rings. The fourth-order valence-electron chi connectivity index (χ4n) is 1.20. The van der Waals surface area contributed by atoms with Crippen molar-refractivity contribution in [3.63, 3.8) is 0 Å². The number of rotatable bonds is 8. The summed E-state index contributed by atoms with van der Waals surface area (Å²) in [5, 5.41) is 9.28. The number of aliphatic hydroxyl groups excluding tert-OH is 1. The van der Waals surface area contributed by atoms with Gasteiger partial charge >= 0.3 is 0 Å². The summed E-state index contributed by atoms with van der Waals surface area (Å²) in [6.45, 7) is 15.3. The fourth-order valence-corrected chi connectivity index (χ4v) is 1.20. The number of hydrogen-bond donors (Lipinski definition) is 1. The van der Waals surface area contributed by atoms with Crippen LogP contribution in [0.5, 0.6) is 0 Å². The maximum Gasteiger partial charge on any atom is 0.0768 e. The lowest BCUT2D eigenvalue weighted by atomic mass is 10.1. The van der Waals surface area contributed by atoms with Gasteiger partial charge in [0, 0.05) is 34.4 Å². The van der Waals surface area contributed by atoms with Crippen molar-refractivity contribution in [3.05, 3.63) is 12.2 Å². The van der Waals surface area contributed by atoms with E-state index < -0.39 is 0 Å². The molecule has 0 saturated carbocycles. The van der Waals surface area contributed by atoms with Gasteiger partial charge in [0.05, 0.1) is 18.8 Å². The van der Waals surface area contributed by atoms with Crippen LogP contribution in [0, 0.1) is 11.8 Å². The zero-order valence-electron chi connectivity index (χ0n) is 19.0. The molecule has 25 heavy (non-hydrogen) atoms. The van der Waals surface area contributed by atoms with Gasteiger partial charge in [-0.2, -0.15) is 0 Å². The summed E-state index contributed by atoms with van der Waals surface area (Å²) in [6.07, 6.45) is 7.44. The van der Waals surface area contributed by atoms with Crippen LogP contribution in [0.15, 0.2) is 12.2 Å². The summed E-state index contributed by atoms with van der Waals surface area (Å²) in [4.78, 5) is 0. The zero-order valence-corrected chi connectivity index (χ0v) is 19.0. The van der Waals surface area contributed by atoms with Crippen molar-refractivity contribution in [2.45, 2.75) is 79.9 Å². The monoisotopic (exact) mass is 364 g/mol. The first-order valence-corrected chi connectivity index (χ1v) is 9.48. The molecular weight excluding hydrogens is 316 g/mol. The van der Waals surface area contributed by atoms with Gasteiger partial charge in [-0.15, -0.1) is 0 Å². The molecule has 0 aromatic rings. The highest BCUT2D eigenvalue weighted by Crippen LogP contribution is 2.04. The minimum absolute atomic E-state index is 0.182. The van der Waals surface area contributed by atoms with Crippen LogP contribution in [0.1, 0.15) is 67.7 Å². The Morgan fingerprint density at radius 3 is 1.48 bits per heavy atom. The van der Waals surface area contributed by atoms with E-state index in [2.05, 4.69) is 39.4 Å². The quantitative estimate of drug-likeness (QED) is 0.590. The Hall–Kier alpha value is -0.420. The molecule has 0 rings (SSSR count). The minimum atomic E-state index is -0.370. The lowest BCUT2D eigenvalue weighted by molar-refractivity contribution is 0.0838. The van der Waals surface area contributed by atoms with Crippen LogP contribution in [0.4, 0.5) is 0 Å². The van der Waals surface area contributed by atoms with E-state index in [0.29, 0.717) is 12.7 Å². The van der Waals surface area contributed by atoms with Crippen LogP contribution in [0.3, 0.4) is 0 Å². The standard InChI is InChI=1S/C8H16O2.C6H14.C5H12O.C2H6O/c1-4-5-8(9)7(2)6-10-3;1-4-6(3)5-2;1-4-5(2)6-3;1-3-2/h4-5,7-9H,6H2,1-3H3;6H,4-5H2,1-3H3;5H,4H2,1-3H3;1-2H3/b5-4+;;;. The van der Waals surface area contributed by atoms with E-state index in [9.17, 15) is 5.11 Å². The smallest absolute Gasteiger partial charge is 0.0768 e. The van der Waals surface area contributed by atoms with Crippen molar-refractivity contribution in [1.29, 1.82) is 0 Å².